The van der Waals surface area contributed by atoms with E-state index in [0.717, 1.165) is 35.3 Å². The van der Waals surface area contributed by atoms with Gasteiger partial charge in [-0.3, -0.25) is 4.79 Å². The van der Waals surface area contributed by atoms with Crippen LogP contribution in [0.5, 0.6) is 5.75 Å². The van der Waals surface area contributed by atoms with Crippen LogP contribution in [0.4, 0.5) is 0 Å². The number of ether oxygens (including phenoxy) is 1. The van der Waals surface area contributed by atoms with Crippen molar-refractivity contribution in [2.45, 2.75) is 33.4 Å². The van der Waals surface area contributed by atoms with Crippen molar-refractivity contribution in [3.8, 4) is 5.75 Å². The third-order valence-electron chi connectivity index (χ3n) is 5.71. The maximum absolute atomic E-state index is 13.4. The minimum absolute atomic E-state index is 0.0382. The Morgan fingerprint density at radius 2 is 1.76 bits per heavy atom. The molecular weight excluding hydrogens is 364 g/mol. The number of quaternary nitrogens is 1. The Morgan fingerprint density at radius 3 is 2.38 bits per heavy atom. The molecule has 1 heterocycles. The molecule has 0 spiro atoms. The Labute approximate surface area is 172 Å². The maximum atomic E-state index is 13.4. The first-order valence-corrected chi connectivity index (χ1v) is 10.3. The van der Waals surface area contributed by atoms with E-state index in [9.17, 15) is 9.90 Å². The number of nitrogens with zero attached hydrogens (tertiary/aromatic N) is 1. The van der Waals surface area contributed by atoms with Gasteiger partial charge in [-0.15, -0.1) is 0 Å². The highest BCUT2D eigenvalue weighted by atomic mass is 16.5. The summed E-state index contributed by atoms with van der Waals surface area (Å²) < 4.78 is 7.20. The molecule has 3 aromatic rings. The van der Waals surface area contributed by atoms with Crippen LogP contribution in [-0.2, 0) is 6.54 Å². The zero-order valence-corrected chi connectivity index (χ0v) is 17.7. The van der Waals surface area contributed by atoms with Gasteiger partial charge in [0.2, 0.25) is 5.78 Å². The Hall–Kier alpha value is -2.63. The summed E-state index contributed by atoms with van der Waals surface area (Å²) in [6, 6.07) is 15.2. The monoisotopic (exact) mass is 395 g/mol. The summed E-state index contributed by atoms with van der Waals surface area (Å²) in [6.45, 7) is 9.23. The van der Waals surface area contributed by atoms with Gasteiger partial charge in [-0.1, -0.05) is 18.2 Å². The molecule has 1 aromatic heterocycles. The minimum Gasteiger partial charge on any atom is -0.497 e. The lowest BCUT2D eigenvalue weighted by molar-refractivity contribution is -0.899. The predicted octanol–water partition coefficient (Wildman–Crippen LogP) is 2.47. The van der Waals surface area contributed by atoms with Crippen LogP contribution in [0.15, 0.2) is 48.5 Å². The number of benzene rings is 2. The summed E-state index contributed by atoms with van der Waals surface area (Å²) in [5.74, 6) is 0.681. The van der Waals surface area contributed by atoms with Gasteiger partial charge in [-0.2, -0.15) is 0 Å². The molecule has 5 heteroatoms. The molecule has 2 aromatic carbocycles. The van der Waals surface area contributed by atoms with Gasteiger partial charge in [-0.25, -0.2) is 0 Å². The summed E-state index contributed by atoms with van der Waals surface area (Å²) >= 11 is 0. The number of carbonyl (C=O) groups excluding carboxylic acids is 1. The molecule has 0 fully saturated rings. The molecule has 0 amide bonds. The molecule has 0 unspecified atom stereocenters. The zero-order chi connectivity index (χ0) is 21.0. The molecule has 3 rings (SSSR count). The lowest BCUT2D eigenvalue weighted by Crippen LogP contribution is -3.12. The minimum atomic E-state index is -0.525. The number of nitrogens with one attached hydrogen (secondary N) is 1. The Kier molecular flexibility index (Phi) is 6.72. The van der Waals surface area contributed by atoms with E-state index in [0.29, 0.717) is 24.3 Å². The van der Waals surface area contributed by atoms with Crippen LogP contribution in [-0.4, -0.2) is 48.3 Å². The molecule has 0 saturated carbocycles. The Balaban J connectivity index is 2.02. The average molecular weight is 396 g/mol. The van der Waals surface area contributed by atoms with Gasteiger partial charge in [-0.05, 0) is 56.7 Å². The zero-order valence-electron chi connectivity index (χ0n) is 17.7. The lowest BCUT2D eigenvalue weighted by Gasteiger charge is -2.21. The van der Waals surface area contributed by atoms with Crippen LogP contribution in [0.25, 0.3) is 10.9 Å². The van der Waals surface area contributed by atoms with Crippen LogP contribution < -0.4 is 9.64 Å². The highest BCUT2D eigenvalue weighted by Gasteiger charge is 2.24. The largest absolute Gasteiger partial charge is 0.497 e. The lowest BCUT2D eigenvalue weighted by atomic mass is 10.0. The van der Waals surface area contributed by atoms with Crippen molar-refractivity contribution >= 4 is 16.7 Å². The fourth-order valence-corrected chi connectivity index (χ4v) is 3.99. The number of aliphatic hydroxyl groups is 1. The van der Waals surface area contributed by atoms with Crippen molar-refractivity contribution in [2.75, 3.05) is 26.7 Å². The van der Waals surface area contributed by atoms with E-state index in [-0.39, 0.29) is 5.78 Å². The van der Waals surface area contributed by atoms with E-state index in [1.54, 1.807) is 31.4 Å². The number of aryl methyl sites for hydroxylation is 1. The SMILES string of the molecule is CC[NH+](CC)C[C@H](O)Cn1c(C(=O)c2ccc(OC)cc2)c(C)c2ccccc21. The quantitative estimate of drug-likeness (QED) is 0.548. The number of carbonyl (C=O) groups is 1. The van der Waals surface area contributed by atoms with Crippen LogP contribution in [0.3, 0.4) is 0 Å². The number of fused-ring (bicyclic) bond motifs is 1. The van der Waals surface area contributed by atoms with E-state index in [1.165, 1.54) is 4.90 Å². The smallest absolute Gasteiger partial charge is 0.209 e. The second-order valence-electron chi connectivity index (χ2n) is 7.47. The molecule has 154 valence electrons. The van der Waals surface area contributed by atoms with Crippen molar-refractivity contribution in [1.29, 1.82) is 0 Å². The number of aromatic nitrogens is 1. The molecule has 0 aliphatic carbocycles. The predicted molar refractivity (Wildman–Crippen MR) is 116 cm³/mol. The van der Waals surface area contributed by atoms with Crippen molar-refractivity contribution in [1.82, 2.24) is 4.57 Å². The molecule has 0 radical (unpaired) electrons. The van der Waals surface area contributed by atoms with Gasteiger partial charge in [0.1, 0.15) is 18.4 Å². The Morgan fingerprint density at radius 1 is 1.10 bits per heavy atom. The molecule has 2 N–H and O–H groups in total. The highest BCUT2D eigenvalue weighted by Crippen LogP contribution is 2.28. The number of likely N-dealkylation sites (N-methyl/N-ethyl adjacent to an activating group) is 1. The highest BCUT2D eigenvalue weighted by molar-refractivity contribution is 6.12. The van der Waals surface area contributed by atoms with Crippen LogP contribution in [0.2, 0.25) is 0 Å². The molecule has 0 bridgehead atoms. The molecule has 5 nitrogen and oxygen atoms in total. The summed E-state index contributed by atoms with van der Waals surface area (Å²) in [5.41, 5.74) is 3.19. The first-order chi connectivity index (χ1) is 14.0. The first kappa shape index (κ1) is 21.1. The number of rotatable bonds is 9. The normalized spacial score (nSPS) is 12.5. The molecular formula is C24H31N2O3+. The molecule has 0 aliphatic rings. The number of hydrogen-bond donors (Lipinski definition) is 2. The Bertz CT molecular complexity index is 972. The van der Waals surface area contributed by atoms with E-state index in [4.69, 9.17) is 4.74 Å². The van der Waals surface area contributed by atoms with Crippen molar-refractivity contribution in [3.05, 3.63) is 65.4 Å². The standard InChI is InChI=1S/C24H30N2O3/c1-5-25(6-2)15-19(27)16-26-22-10-8-7-9-21(22)17(3)23(26)24(28)18-11-13-20(29-4)14-12-18/h7-14,19,27H,5-6,15-16H2,1-4H3/p+1/t19-/m0/s1. The fraction of sp³-hybridized carbons (Fsp3) is 0.375. The summed E-state index contributed by atoms with van der Waals surface area (Å²) in [5, 5.41) is 11.8. The molecule has 29 heavy (non-hydrogen) atoms. The fourth-order valence-electron chi connectivity index (χ4n) is 3.99. The second kappa shape index (κ2) is 9.25. The number of methoxy groups -OCH3 is 1. The van der Waals surface area contributed by atoms with Gasteiger partial charge < -0.3 is 19.3 Å². The topological polar surface area (TPSA) is 55.9 Å². The number of ketones is 1. The molecule has 0 saturated heterocycles. The van der Waals surface area contributed by atoms with E-state index >= 15 is 0 Å². The van der Waals surface area contributed by atoms with Gasteiger partial charge >= 0.3 is 0 Å². The number of para-hydroxylation sites is 1. The second-order valence-corrected chi connectivity index (χ2v) is 7.47. The summed E-state index contributed by atoms with van der Waals surface area (Å²) in [7, 11) is 1.61. The first-order valence-electron chi connectivity index (χ1n) is 10.3. The van der Waals surface area contributed by atoms with E-state index in [2.05, 4.69) is 13.8 Å². The van der Waals surface area contributed by atoms with Gasteiger partial charge in [0.15, 0.2) is 0 Å². The average Bonchev–Trinajstić information content (AvgIpc) is 3.03. The number of aliphatic hydroxyl groups excluding tert-OH is 1. The van der Waals surface area contributed by atoms with Crippen molar-refractivity contribution in [2.24, 2.45) is 0 Å². The van der Waals surface area contributed by atoms with Crippen LogP contribution in [0, 0.1) is 6.92 Å². The van der Waals surface area contributed by atoms with Crippen molar-refractivity contribution < 1.29 is 19.5 Å². The molecule has 1 atom stereocenters. The van der Waals surface area contributed by atoms with E-state index < -0.39 is 6.10 Å². The van der Waals surface area contributed by atoms with Crippen molar-refractivity contribution in [3.63, 3.8) is 0 Å². The third kappa shape index (κ3) is 4.36. The maximum Gasteiger partial charge on any atom is 0.209 e. The third-order valence-corrected chi connectivity index (χ3v) is 5.71. The summed E-state index contributed by atoms with van der Waals surface area (Å²) in [4.78, 5) is 14.8. The van der Waals surface area contributed by atoms with Crippen LogP contribution >= 0.6 is 0 Å². The van der Waals surface area contributed by atoms with E-state index in [1.807, 2.05) is 35.8 Å². The molecule has 0 aliphatic heterocycles. The van der Waals surface area contributed by atoms with Gasteiger partial charge in [0, 0.05) is 16.5 Å². The van der Waals surface area contributed by atoms with Gasteiger partial charge in [0.05, 0.1) is 32.4 Å². The number of hydrogen-bond acceptors (Lipinski definition) is 3. The summed E-state index contributed by atoms with van der Waals surface area (Å²) in [6.07, 6.45) is -0.525. The van der Waals surface area contributed by atoms with Gasteiger partial charge in [0.25, 0.3) is 0 Å². The van der Waals surface area contributed by atoms with Crippen LogP contribution in [0.1, 0.15) is 35.5 Å².